The van der Waals surface area contributed by atoms with Crippen molar-refractivity contribution in [1.82, 2.24) is 9.62 Å². The molecule has 1 aromatic rings. The van der Waals surface area contributed by atoms with Crippen molar-refractivity contribution in [3.63, 3.8) is 0 Å². The van der Waals surface area contributed by atoms with Crippen LogP contribution in [0.2, 0.25) is 0 Å². The number of rotatable bonds is 7. The molecule has 4 rings (SSSR count). The molecule has 1 heterocycles. The predicted molar refractivity (Wildman–Crippen MR) is 114 cm³/mol. The number of nitrogens with zero attached hydrogens (tertiary/aromatic N) is 1. The van der Waals surface area contributed by atoms with Gasteiger partial charge in [-0.25, -0.2) is 17.9 Å². The van der Waals surface area contributed by atoms with Crippen molar-refractivity contribution in [3.05, 3.63) is 35.9 Å². The van der Waals surface area contributed by atoms with Gasteiger partial charge in [0.1, 0.15) is 0 Å². The summed E-state index contributed by atoms with van der Waals surface area (Å²) in [7, 11) is -1.97. The molecule has 2 saturated carbocycles. The second kappa shape index (κ2) is 9.24. The lowest BCUT2D eigenvalue weighted by atomic mass is 9.83. The lowest BCUT2D eigenvalue weighted by Gasteiger charge is -2.32. The summed E-state index contributed by atoms with van der Waals surface area (Å²) in [6.07, 6.45) is 5.84. The summed E-state index contributed by atoms with van der Waals surface area (Å²) in [5.41, 5.74) is 1.39. The standard InChI is InChI=1S/C22H32N2O5S/c1-28-22(25)24-14-13-20(23-30(26,27)19-11-12-19)21(24)15-29-18-9-7-17(8-10-18)16-5-3-2-4-6-16/h2-6,17-21,23H,7-15H2,1H3/t17?,18?,20-,21-/m0/s1. The Labute approximate surface area is 179 Å². The lowest BCUT2D eigenvalue weighted by molar-refractivity contribution is -0.00535. The van der Waals surface area contributed by atoms with Gasteiger partial charge in [-0.2, -0.15) is 0 Å². The molecule has 0 unspecified atom stereocenters. The highest BCUT2D eigenvalue weighted by molar-refractivity contribution is 7.90. The summed E-state index contributed by atoms with van der Waals surface area (Å²) < 4.78 is 38.8. The van der Waals surface area contributed by atoms with Gasteiger partial charge in [-0.15, -0.1) is 0 Å². The van der Waals surface area contributed by atoms with Crippen LogP contribution in [0.15, 0.2) is 30.3 Å². The largest absolute Gasteiger partial charge is 0.453 e. The highest BCUT2D eigenvalue weighted by Gasteiger charge is 2.44. The van der Waals surface area contributed by atoms with Crippen LogP contribution in [0, 0.1) is 0 Å². The lowest BCUT2D eigenvalue weighted by Crippen LogP contribution is -2.50. The van der Waals surface area contributed by atoms with Gasteiger partial charge in [0.2, 0.25) is 10.0 Å². The first-order valence-electron chi connectivity index (χ1n) is 11.0. The summed E-state index contributed by atoms with van der Waals surface area (Å²) in [6.45, 7) is 0.799. The highest BCUT2D eigenvalue weighted by atomic mass is 32.2. The molecule has 8 heteroatoms. The molecule has 2 atom stereocenters. The van der Waals surface area contributed by atoms with Gasteiger partial charge in [0.05, 0.1) is 31.1 Å². The number of sulfonamides is 1. The normalized spacial score (nSPS) is 29.7. The minimum atomic E-state index is -3.32. The Hall–Kier alpha value is -1.64. The van der Waals surface area contributed by atoms with E-state index in [1.54, 1.807) is 4.90 Å². The summed E-state index contributed by atoms with van der Waals surface area (Å²) >= 11 is 0. The number of hydrogen-bond acceptors (Lipinski definition) is 5. The monoisotopic (exact) mass is 436 g/mol. The Morgan fingerprint density at radius 3 is 2.40 bits per heavy atom. The number of benzene rings is 1. The second-order valence-corrected chi connectivity index (χ2v) is 10.7. The van der Waals surface area contributed by atoms with Crippen molar-refractivity contribution in [2.75, 3.05) is 20.3 Å². The first-order valence-corrected chi connectivity index (χ1v) is 12.5. The summed E-state index contributed by atoms with van der Waals surface area (Å²) in [5, 5.41) is -0.278. The van der Waals surface area contributed by atoms with Crippen LogP contribution in [0.3, 0.4) is 0 Å². The van der Waals surface area contributed by atoms with Crippen molar-refractivity contribution in [2.24, 2.45) is 0 Å². The summed E-state index contributed by atoms with van der Waals surface area (Å²) in [5.74, 6) is 0.571. The van der Waals surface area contributed by atoms with Gasteiger partial charge in [0.25, 0.3) is 0 Å². The smallest absolute Gasteiger partial charge is 0.409 e. The maximum atomic E-state index is 12.4. The number of hydrogen-bond donors (Lipinski definition) is 1. The van der Waals surface area contributed by atoms with Crippen molar-refractivity contribution in [2.45, 2.75) is 74.3 Å². The molecule has 30 heavy (non-hydrogen) atoms. The van der Waals surface area contributed by atoms with Crippen molar-refractivity contribution in [1.29, 1.82) is 0 Å². The molecule has 166 valence electrons. The first kappa shape index (κ1) is 21.6. The first-order chi connectivity index (χ1) is 14.5. The SMILES string of the molecule is COC(=O)N1CC[C@H](NS(=O)(=O)C2CC2)[C@@H]1COC1CCC(c2ccccc2)CC1. The molecule has 1 aliphatic heterocycles. The van der Waals surface area contributed by atoms with Crippen molar-refractivity contribution >= 4 is 16.1 Å². The van der Waals surface area contributed by atoms with E-state index in [1.165, 1.54) is 12.7 Å². The Balaban J connectivity index is 1.33. The number of nitrogens with one attached hydrogen (secondary N) is 1. The number of methoxy groups -OCH3 is 1. The van der Waals surface area contributed by atoms with Crippen LogP contribution in [-0.2, 0) is 19.5 Å². The van der Waals surface area contributed by atoms with Gasteiger partial charge in [-0.1, -0.05) is 30.3 Å². The summed E-state index contributed by atoms with van der Waals surface area (Å²) in [6, 6.07) is 9.93. The van der Waals surface area contributed by atoms with Gasteiger partial charge in [-0.05, 0) is 56.4 Å². The number of likely N-dealkylation sites (tertiary alicyclic amines) is 1. The molecular formula is C22H32N2O5S. The van der Waals surface area contributed by atoms with Gasteiger partial charge in [0.15, 0.2) is 0 Å². The molecule has 0 bridgehead atoms. The quantitative estimate of drug-likeness (QED) is 0.710. The van der Waals surface area contributed by atoms with E-state index < -0.39 is 16.1 Å². The van der Waals surface area contributed by atoms with E-state index in [4.69, 9.17) is 9.47 Å². The maximum Gasteiger partial charge on any atom is 0.409 e. The molecule has 3 aliphatic rings. The molecule has 1 saturated heterocycles. The zero-order chi connectivity index (χ0) is 21.1. The second-order valence-electron chi connectivity index (χ2n) is 8.71. The molecule has 2 aliphatic carbocycles. The van der Waals surface area contributed by atoms with E-state index in [9.17, 15) is 13.2 Å². The Kier molecular flexibility index (Phi) is 6.65. The fourth-order valence-electron chi connectivity index (χ4n) is 4.75. The molecule has 7 nitrogen and oxygen atoms in total. The molecule has 1 N–H and O–H groups in total. The average Bonchev–Trinajstić information content (AvgIpc) is 3.56. The topological polar surface area (TPSA) is 84.9 Å². The van der Waals surface area contributed by atoms with E-state index in [0.717, 1.165) is 25.7 Å². The predicted octanol–water partition coefficient (Wildman–Crippen LogP) is 3.02. The van der Waals surface area contributed by atoms with Crippen LogP contribution in [0.25, 0.3) is 0 Å². The van der Waals surface area contributed by atoms with E-state index in [-0.39, 0.29) is 23.4 Å². The Morgan fingerprint density at radius 2 is 1.77 bits per heavy atom. The number of ether oxygens (including phenoxy) is 2. The van der Waals surface area contributed by atoms with Crippen molar-refractivity contribution in [3.8, 4) is 0 Å². The fourth-order valence-corrected chi connectivity index (χ4v) is 6.40. The molecule has 0 radical (unpaired) electrons. The van der Waals surface area contributed by atoms with Crippen LogP contribution in [0.5, 0.6) is 0 Å². The Bertz CT molecular complexity index is 819. The van der Waals surface area contributed by atoms with E-state index in [1.807, 2.05) is 6.07 Å². The van der Waals surface area contributed by atoms with E-state index in [2.05, 4.69) is 29.0 Å². The highest BCUT2D eigenvalue weighted by Crippen LogP contribution is 2.34. The van der Waals surface area contributed by atoms with Crippen LogP contribution in [0.1, 0.15) is 56.4 Å². The van der Waals surface area contributed by atoms with Gasteiger partial charge in [-0.3, -0.25) is 0 Å². The van der Waals surface area contributed by atoms with Gasteiger partial charge >= 0.3 is 6.09 Å². The molecule has 3 fully saturated rings. The van der Waals surface area contributed by atoms with Crippen LogP contribution >= 0.6 is 0 Å². The molecule has 1 amide bonds. The average molecular weight is 437 g/mol. The van der Waals surface area contributed by atoms with Gasteiger partial charge in [0, 0.05) is 12.6 Å². The third kappa shape index (κ3) is 4.98. The minimum absolute atomic E-state index is 0.144. The van der Waals surface area contributed by atoms with Crippen LogP contribution < -0.4 is 4.72 Å². The molecule has 0 spiro atoms. The Morgan fingerprint density at radius 1 is 1.07 bits per heavy atom. The van der Waals surface area contributed by atoms with E-state index in [0.29, 0.717) is 38.3 Å². The summed E-state index contributed by atoms with van der Waals surface area (Å²) in [4.78, 5) is 13.8. The van der Waals surface area contributed by atoms with Crippen LogP contribution in [-0.4, -0.2) is 63.1 Å². The minimum Gasteiger partial charge on any atom is -0.453 e. The maximum absolute atomic E-state index is 12.4. The third-order valence-electron chi connectivity index (χ3n) is 6.68. The number of carbonyl (C=O) groups excluding carboxylic acids is 1. The zero-order valence-corrected chi connectivity index (χ0v) is 18.4. The van der Waals surface area contributed by atoms with E-state index >= 15 is 0 Å². The van der Waals surface area contributed by atoms with Gasteiger partial charge < -0.3 is 14.4 Å². The molecule has 0 aromatic heterocycles. The molecule has 1 aromatic carbocycles. The zero-order valence-electron chi connectivity index (χ0n) is 17.5. The number of amides is 1. The number of carbonyl (C=O) groups is 1. The van der Waals surface area contributed by atoms with Crippen molar-refractivity contribution < 1.29 is 22.7 Å². The van der Waals surface area contributed by atoms with Crippen LogP contribution in [0.4, 0.5) is 4.79 Å². The third-order valence-corrected chi connectivity index (χ3v) is 8.66. The molecular weight excluding hydrogens is 404 g/mol. The fraction of sp³-hybridized carbons (Fsp3) is 0.682.